The lowest BCUT2D eigenvalue weighted by molar-refractivity contribution is -0.119. The number of amides is 3. The number of hydrogen-bond acceptors (Lipinski definition) is 5. The summed E-state index contributed by atoms with van der Waals surface area (Å²) in [4.78, 5) is 28.2. The molecule has 38 heavy (non-hydrogen) atoms. The summed E-state index contributed by atoms with van der Waals surface area (Å²) in [5, 5.41) is 26.0. The van der Waals surface area contributed by atoms with E-state index >= 15 is 0 Å². The molecule has 0 aliphatic carbocycles. The Balaban J connectivity index is 1.68. The number of β-amino-alcohol motifs (C(OH)–C–C–N with tert-alkyl or cyclic N) is 1. The molecule has 2 aliphatic heterocycles. The molecular weight excluding hydrogens is 504 g/mol. The number of nitrogens with zero attached hydrogens (tertiary/aromatic N) is 2. The summed E-state index contributed by atoms with van der Waals surface area (Å²) in [6, 6.07) is 13.1. The van der Waals surface area contributed by atoms with Crippen LogP contribution in [-0.4, -0.2) is 76.8 Å². The number of piperidine rings is 1. The molecule has 4 unspecified atom stereocenters. The Morgan fingerprint density at radius 3 is 2.61 bits per heavy atom. The fourth-order valence-corrected chi connectivity index (χ4v) is 6.15. The SMILES string of the molecule is CC(=O)NCCCC(O)(c1cccc(Cl)c1-c1cccc(C)c1)C1CCCN(C(=O)N2CC(N)C(O)C2)C1. The van der Waals surface area contributed by atoms with E-state index in [1.54, 1.807) is 9.80 Å². The number of halogens is 1. The molecule has 206 valence electrons. The molecule has 0 radical (unpaired) electrons. The first kappa shape index (κ1) is 28.4. The van der Waals surface area contributed by atoms with Gasteiger partial charge in [-0.15, -0.1) is 0 Å². The van der Waals surface area contributed by atoms with Gasteiger partial charge in [0.25, 0.3) is 0 Å². The van der Waals surface area contributed by atoms with Crippen molar-refractivity contribution in [2.24, 2.45) is 11.7 Å². The van der Waals surface area contributed by atoms with Crippen molar-refractivity contribution in [1.29, 1.82) is 0 Å². The van der Waals surface area contributed by atoms with Crippen molar-refractivity contribution >= 4 is 23.5 Å². The number of likely N-dealkylation sites (tertiary alicyclic amines) is 2. The number of aryl methyl sites for hydroxylation is 1. The van der Waals surface area contributed by atoms with E-state index in [0.29, 0.717) is 44.0 Å². The molecule has 4 atom stereocenters. The third-order valence-electron chi connectivity index (χ3n) is 7.87. The minimum Gasteiger partial charge on any atom is -0.390 e. The Morgan fingerprint density at radius 2 is 1.92 bits per heavy atom. The number of hydrogen-bond donors (Lipinski definition) is 4. The van der Waals surface area contributed by atoms with Crippen LogP contribution in [-0.2, 0) is 10.4 Å². The Kier molecular flexibility index (Phi) is 8.98. The van der Waals surface area contributed by atoms with E-state index in [1.807, 2.05) is 43.3 Å². The molecule has 2 aromatic rings. The number of aliphatic hydroxyl groups excluding tert-OH is 1. The lowest BCUT2D eigenvalue weighted by atomic mass is 9.72. The lowest BCUT2D eigenvalue weighted by Gasteiger charge is -2.44. The number of urea groups is 1. The highest BCUT2D eigenvalue weighted by Gasteiger charge is 2.44. The number of nitrogens with one attached hydrogen (secondary N) is 1. The highest BCUT2D eigenvalue weighted by Crippen LogP contribution is 2.45. The molecular formula is C29H39ClN4O4. The largest absolute Gasteiger partial charge is 0.390 e. The highest BCUT2D eigenvalue weighted by molar-refractivity contribution is 6.33. The van der Waals surface area contributed by atoms with E-state index < -0.39 is 17.7 Å². The minimum atomic E-state index is -1.29. The van der Waals surface area contributed by atoms with Crippen molar-refractivity contribution in [3.8, 4) is 11.1 Å². The van der Waals surface area contributed by atoms with Crippen LogP contribution in [0.15, 0.2) is 42.5 Å². The Bertz CT molecular complexity index is 1150. The smallest absolute Gasteiger partial charge is 0.320 e. The van der Waals surface area contributed by atoms with Crippen LogP contribution in [0.5, 0.6) is 0 Å². The second-order valence-electron chi connectivity index (χ2n) is 10.7. The van der Waals surface area contributed by atoms with E-state index in [2.05, 4.69) is 11.4 Å². The van der Waals surface area contributed by atoms with E-state index in [9.17, 15) is 19.8 Å². The van der Waals surface area contributed by atoms with Gasteiger partial charge in [-0.2, -0.15) is 0 Å². The van der Waals surface area contributed by atoms with Crippen molar-refractivity contribution in [2.75, 3.05) is 32.7 Å². The molecule has 5 N–H and O–H groups in total. The fourth-order valence-electron chi connectivity index (χ4n) is 5.87. The molecule has 0 spiro atoms. The van der Waals surface area contributed by atoms with Gasteiger partial charge in [-0.25, -0.2) is 4.79 Å². The van der Waals surface area contributed by atoms with Crippen LogP contribution in [0, 0.1) is 12.8 Å². The summed E-state index contributed by atoms with van der Waals surface area (Å²) >= 11 is 6.78. The van der Waals surface area contributed by atoms with E-state index in [-0.39, 0.29) is 24.4 Å². The van der Waals surface area contributed by atoms with Crippen LogP contribution in [0.4, 0.5) is 4.79 Å². The van der Waals surface area contributed by atoms with Gasteiger partial charge in [-0.1, -0.05) is 53.6 Å². The molecule has 2 aliphatic rings. The van der Waals surface area contributed by atoms with Gasteiger partial charge < -0.3 is 31.1 Å². The number of rotatable bonds is 7. The number of aliphatic hydroxyl groups is 2. The van der Waals surface area contributed by atoms with Crippen LogP contribution in [0.1, 0.15) is 43.7 Å². The number of benzene rings is 2. The zero-order valence-corrected chi connectivity index (χ0v) is 23.0. The first-order chi connectivity index (χ1) is 18.1. The Morgan fingerprint density at radius 1 is 1.16 bits per heavy atom. The first-order valence-corrected chi connectivity index (χ1v) is 13.8. The summed E-state index contributed by atoms with van der Waals surface area (Å²) in [5.74, 6) is -0.363. The molecule has 0 saturated carbocycles. The molecule has 0 bridgehead atoms. The quantitative estimate of drug-likeness (QED) is 0.400. The maximum absolute atomic E-state index is 13.4. The van der Waals surface area contributed by atoms with Gasteiger partial charge in [0.2, 0.25) is 5.91 Å². The number of carbonyl (C=O) groups excluding carboxylic acids is 2. The molecule has 2 fully saturated rings. The van der Waals surface area contributed by atoms with Crippen LogP contribution >= 0.6 is 11.6 Å². The van der Waals surface area contributed by atoms with Crippen molar-refractivity contribution in [1.82, 2.24) is 15.1 Å². The fraction of sp³-hybridized carbons (Fsp3) is 0.517. The number of nitrogens with two attached hydrogens (primary N) is 1. The predicted molar refractivity (Wildman–Crippen MR) is 149 cm³/mol. The summed E-state index contributed by atoms with van der Waals surface area (Å²) in [5.41, 5.74) is 8.19. The van der Waals surface area contributed by atoms with Gasteiger partial charge in [-0.05, 0) is 49.8 Å². The monoisotopic (exact) mass is 542 g/mol. The first-order valence-electron chi connectivity index (χ1n) is 13.4. The van der Waals surface area contributed by atoms with Gasteiger partial charge in [0.15, 0.2) is 0 Å². The Labute approximate surface area is 229 Å². The summed E-state index contributed by atoms with van der Waals surface area (Å²) in [7, 11) is 0. The maximum atomic E-state index is 13.4. The maximum Gasteiger partial charge on any atom is 0.320 e. The summed E-state index contributed by atoms with van der Waals surface area (Å²) < 4.78 is 0. The van der Waals surface area contributed by atoms with Crippen LogP contribution in [0.2, 0.25) is 5.02 Å². The molecule has 2 aromatic carbocycles. The minimum absolute atomic E-state index is 0.114. The third-order valence-corrected chi connectivity index (χ3v) is 8.18. The Hall–Kier alpha value is -2.65. The van der Waals surface area contributed by atoms with Crippen LogP contribution in [0.25, 0.3) is 11.1 Å². The van der Waals surface area contributed by atoms with Gasteiger partial charge in [0.05, 0.1) is 11.7 Å². The van der Waals surface area contributed by atoms with Gasteiger partial charge in [0.1, 0.15) is 0 Å². The van der Waals surface area contributed by atoms with Gasteiger partial charge >= 0.3 is 6.03 Å². The molecule has 2 heterocycles. The normalized spacial score (nSPS) is 23.3. The van der Waals surface area contributed by atoms with Gasteiger partial charge in [0, 0.05) is 62.2 Å². The summed E-state index contributed by atoms with van der Waals surface area (Å²) in [6.45, 7) is 5.42. The average molecular weight is 543 g/mol. The summed E-state index contributed by atoms with van der Waals surface area (Å²) in [6.07, 6.45) is 1.71. The lowest BCUT2D eigenvalue weighted by Crippen LogP contribution is -2.52. The molecule has 4 rings (SSSR count). The molecule has 2 saturated heterocycles. The van der Waals surface area contributed by atoms with E-state index in [0.717, 1.165) is 35.1 Å². The van der Waals surface area contributed by atoms with Crippen molar-refractivity contribution in [3.63, 3.8) is 0 Å². The zero-order chi connectivity index (χ0) is 27.4. The van der Waals surface area contributed by atoms with E-state index in [1.165, 1.54) is 6.92 Å². The van der Waals surface area contributed by atoms with Crippen LogP contribution in [0.3, 0.4) is 0 Å². The van der Waals surface area contributed by atoms with Crippen molar-refractivity contribution in [3.05, 3.63) is 58.6 Å². The molecule has 8 nitrogen and oxygen atoms in total. The third kappa shape index (κ3) is 6.15. The predicted octanol–water partition coefficient (Wildman–Crippen LogP) is 3.26. The zero-order valence-electron chi connectivity index (χ0n) is 22.2. The standard InChI is InChI=1S/C29H39ClN4O4/c1-19-7-3-8-21(15-19)27-23(10-4-11-24(27)30)29(38,12-6-13-32-20(2)35)22-9-5-14-33(16-22)28(37)34-17-25(31)26(36)18-34/h3-4,7-8,10-11,15,22,25-26,36,38H,5-6,9,12-14,16-18,31H2,1-2H3,(H,32,35). The van der Waals surface area contributed by atoms with Crippen molar-refractivity contribution in [2.45, 2.75) is 57.3 Å². The molecule has 9 heteroatoms. The number of carbonyl (C=O) groups is 2. The second-order valence-corrected chi connectivity index (χ2v) is 11.2. The topological polar surface area (TPSA) is 119 Å². The second kappa shape index (κ2) is 12.0. The van der Waals surface area contributed by atoms with Crippen molar-refractivity contribution < 1.29 is 19.8 Å². The molecule has 3 amide bonds. The van der Waals surface area contributed by atoms with E-state index in [4.69, 9.17) is 17.3 Å². The van der Waals surface area contributed by atoms with Crippen LogP contribution < -0.4 is 11.1 Å². The average Bonchev–Trinajstić information content (AvgIpc) is 3.23. The van der Waals surface area contributed by atoms with Gasteiger partial charge in [-0.3, -0.25) is 4.79 Å². The molecule has 0 aromatic heterocycles. The highest BCUT2D eigenvalue weighted by atomic mass is 35.5.